The van der Waals surface area contributed by atoms with E-state index in [0.29, 0.717) is 15.7 Å². The van der Waals surface area contributed by atoms with E-state index in [9.17, 15) is 4.79 Å². The second-order valence-electron chi connectivity index (χ2n) is 5.10. The van der Waals surface area contributed by atoms with Gasteiger partial charge in [-0.2, -0.15) is 0 Å². The Labute approximate surface area is 140 Å². The number of hydrogen-bond donors (Lipinski definition) is 2. The number of para-hydroxylation sites is 1. The minimum atomic E-state index is -0.387. The minimum Gasteiger partial charge on any atom is -0.323 e. The van der Waals surface area contributed by atoms with Crippen molar-refractivity contribution in [2.24, 2.45) is 0 Å². The predicted octanol–water partition coefficient (Wildman–Crippen LogP) is 4.67. The first-order valence-corrected chi connectivity index (χ1v) is 7.80. The summed E-state index contributed by atoms with van der Waals surface area (Å²) < 4.78 is 0. The molecule has 2 aromatic carbocycles. The number of rotatable bonds is 5. The highest BCUT2D eigenvalue weighted by Crippen LogP contribution is 2.23. The summed E-state index contributed by atoms with van der Waals surface area (Å²) >= 11 is 12.2. The monoisotopic (exact) mass is 336 g/mol. The number of amides is 1. The van der Waals surface area contributed by atoms with Crippen molar-refractivity contribution in [1.82, 2.24) is 5.32 Å². The highest BCUT2D eigenvalue weighted by atomic mass is 35.5. The zero-order valence-electron chi connectivity index (χ0n) is 12.4. The van der Waals surface area contributed by atoms with Gasteiger partial charge in [0.2, 0.25) is 5.91 Å². The molecule has 1 amide bonds. The van der Waals surface area contributed by atoms with Crippen LogP contribution in [0.25, 0.3) is 0 Å². The maximum Gasteiger partial charge on any atom is 0.241 e. The molecule has 0 bridgehead atoms. The Kier molecular flexibility index (Phi) is 5.83. The molecule has 2 unspecified atom stereocenters. The van der Waals surface area contributed by atoms with Crippen LogP contribution in [0.1, 0.15) is 25.5 Å². The lowest BCUT2D eigenvalue weighted by Crippen LogP contribution is -2.39. The van der Waals surface area contributed by atoms with Crippen molar-refractivity contribution in [2.75, 3.05) is 5.32 Å². The highest BCUT2D eigenvalue weighted by molar-refractivity contribution is 6.33. The van der Waals surface area contributed by atoms with E-state index in [-0.39, 0.29) is 18.0 Å². The molecule has 5 heteroatoms. The van der Waals surface area contributed by atoms with E-state index in [4.69, 9.17) is 23.2 Å². The van der Waals surface area contributed by atoms with Crippen LogP contribution in [0, 0.1) is 0 Å². The largest absolute Gasteiger partial charge is 0.323 e. The van der Waals surface area contributed by atoms with E-state index in [1.165, 1.54) is 0 Å². The Balaban J connectivity index is 2.00. The van der Waals surface area contributed by atoms with Crippen molar-refractivity contribution in [2.45, 2.75) is 25.9 Å². The molecule has 2 aromatic rings. The second-order valence-corrected chi connectivity index (χ2v) is 5.92. The normalized spacial score (nSPS) is 13.5. The molecule has 0 saturated heterocycles. The van der Waals surface area contributed by atoms with E-state index >= 15 is 0 Å². The summed E-state index contributed by atoms with van der Waals surface area (Å²) in [6, 6.07) is 14.3. The Bertz CT molecular complexity index is 661. The molecule has 116 valence electrons. The SMILES string of the molecule is CC(NC(C)c1ccccc1Cl)C(=O)Nc1ccccc1Cl. The Morgan fingerprint density at radius 3 is 2.18 bits per heavy atom. The van der Waals surface area contributed by atoms with Gasteiger partial charge in [0.15, 0.2) is 0 Å². The summed E-state index contributed by atoms with van der Waals surface area (Å²) in [4.78, 5) is 12.3. The summed E-state index contributed by atoms with van der Waals surface area (Å²) in [6.45, 7) is 3.78. The summed E-state index contributed by atoms with van der Waals surface area (Å²) in [6.07, 6.45) is 0. The van der Waals surface area contributed by atoms with Crippen molar-refractivity contribution >= 4 is 34.8 Å². The van der Waals surface area contributed by atoms with Crippen LogP contribution in [0.4, 0.5) is 5.69 Å². The molecule has 2 rings (SSSR count). The van der Waals surface area contributed by atoms with Crippen molar-refractivity contribution < 1.29 is 4.79 Å². The fraction of sp³-hybridized carbons (Fsp3) is 0.235. The van der Waals surface area contributed by atoms with Gasteiger partial charge in [-0.1, -0.05) is 53.5 Å². The van der Waals surface area contributed by atoms with Crippen LogP contribution in [-0.2, 0) is 4.79 Å². The first-order chi connectivity index (χ1) is 10.5. The number of benzene rings is 2. The minimum absolute atomic E-state index is 0.0410. The fourth-order valence-corrected chi connectivity index (χ4v) is 2.65. The lowest BCUT2D eigenvalue weighted by atomic mass is 10.1. The molecular formula is C17H18Cl2N2O. The van der Waals surface area contributed by atoms with Gasteiger partial charge in [-0.3, -0.25) is 10.1 Å². The number of halogens is 2. The van der Waals surface area contributed by atoms with Gasteiger partial charge >= 0.3 is 0 Å². The summed E-state index contributed by atoms with van der Waals surface area (Å²) in [7, 11) is 0. The lowest BCUT2D eigenvalue weighted by Gasteiger charge is -2.21. The predicted molar refractivity (Wildman–Crippen MR) is 92.5 cm³/mol. The number of carbonyl (C=O) groups is 1. The maximum absolute atomic E-state index is 12.3. The molecule has 0 aliphatic carbocycles. The number of carbonyl (C=O) groups excluding carboxylic acids is 1. The molecule has 0 aliphatic heterocycles. The number of anilines is 1. The van der Waals surface area contributed by atoms with Crippen LogP contribution in [0.2, 0.25) is 10.0 Å². The average Bonchev–Trinajstić information content (AvgIpc) is 2.49. The van der Waals surface area contributed by atoms with Crippen molar-refractivity contribution in [3.8, 4) is 0 Å². The molecule has 0 radical (unpaired) electrons. The van der Waals surface area contributed by atoms with Gasteiger partial charge < -0.3 is 5.32 Å². The van der Waals surface area contributed by atoms with E-state index in [0.717, 1.165) is 5.56 Å². The summed E-state index contributed by atoms with van der Waals surface area (Å²) in [5, 5.41) is 7.25. The smallest absolute Gasteiger partial charge is 0.241 e. The lowest BCUT2D eigenvalue weighted by molar-refractivity contribution is -0.117. The van der Waals surface area contributed by atoms with Crippen molar-refractivity contribution in [1.29, 1.82) is 0 Å². The van der Waals surface area contributed by atoms with Gasteiger partial charge in [0.05, 0.1) is 16.8 Å². The third-order valence-electron chi connectivity index (χ3n) is 3.40. The molecule has 22 heavy (non-hydrogen) atoms. The van der Waals surface area contributed by atoms with Gasteiger partial charge in [0.25, 0.3) is 0 Å². The zero-order valence-corrected chi connectivity index (χ0v) is 13.9. The van der Waals surface area contributed by atoms with Crippen LogP contribution < -0.4 is 10.6 Å². The highest BCUT2D eigenvalue weighted by Gasteiger charge is 2.18. The van der Waals surface area contributed by atoms with E-state index in [1.807, 2.05) is 43.3 Å². The van der Waals surface area contributed by atoms with Gasteiger partial charge in [0.1, 0.15) is 0 Å². The Morgan fingerprint density at radius 1 is 0.955 bits per heavy atom. The summed E-state index contributed by atoms with van der Waals surface area (Å²) in [5.74, 6) is -0.146. The standard InChI is InChI=1S/C17H18Cl2N2O/c1-11(13-7-3-4-8-14(13)18)20-12(2)17(22)21-16-10-6-5-9-15(16)19/h3-12,20H,1-2H3,(H,21,22). The van der Waals surface area contributed by atoms with E-state index in [1.54, 1.807) is 19.1 Å². The Morgan fingerprint density at radius 2 is 1.55 bits per heavy atom. The molecule has 0 heterocycles. The molecule has 2 atom stereocenters. The first kappa shape index (κ1) is 16.8. The molecular weight excluding hydrogens is 319 g/mol. The molecule has 0 saturated carbocycles. The van der Waals surface area contributed by atoms with Crippen LogP contribution in [0.15, 0.2) is 48.5 Å². The van der Waals surface area contributed by atoms with Gasteiger partial charge in [-0.25, -0.2) is 0 Å². The summed E-state index contributed by atoms with van der Waals surface area (Å²) in [5.41, 5.74) is 1.56. The molecule has 0 spiro atoms. The average molecular weight is 337 g/mol. The van der Waals surface area contributed by atoms with Crippen molar-refractivity contribution in [3.05, 3.63) is 64.1 Å². The van der Waals surface area contributed by atoms with E-state index in [2.05, 4.69) is 10.6 Å². The van der Waals surface area contributed by atoms with Crippen molar-refractivity contribution in [3.63, 3.8) is 0 Å². The van der Waals surface area contributed by atoms with Crippen LogP contribution in [0.3, 0.4) is 0 Å². The zero-order chi connectivity index (χ0) is 16.1. The molecule has 0 aliphatic rings. The molecule has 2 N–H and O–H groups in total. The second kappa shape index (κ2) is 7.63. The van der Waals surface area contributed by atoms with Crippen LogP contribution >= 0.6 is 23.2 Å². The molecule has 3 nitrogen and oxygen atoms in total. The van der Waals surface area contributed by atoms with Crippen LogP contribution in [0.5, 0.6) is 0 Å². The molecule has 0 fully saturated rings. The first-order valence-electron chi connectivity index (χ1n) is 7.05. The van der Waals surface area contributed by atoms with Gasteiger partial charge in [-0.05, 0) is 37.6 Å². The fourth-order valence-electron chi connectivity index (χ4n) is 2.17. The van der Waals surface area contributed by atoms with Gasteiger partial charge in [0, 0.05) is 11.1 Å². The Hall–Kier alpha value is -1.55. The third kappa shape index (κ3) is 4.23. The topological polar surface area (TPSA) is 41.1 Å². The van der Waals surface area contributed by atoms with E-state index < -0.39 is 0 Å². The maximum atomic E-state index is 12.3. The van der Waals surface area contributed by atoms with Gasteiger partial charge in [-0.15, -0.1) is 0 Å². The molecule has 0 aromatic heterocycles. The quantitative estimate of drug-likeness (QED) is 0.832. The van der Waals surface area contributed by atoms with Crippen LogP contribution in [-0.4, -0.2) is 11.9 Å². The third-order valence-corrected chi connectivity index (χ3v) is 4.07. The number of hydrogen-bond acceptors (Lipinski definition) is 2. The number of nitrogens with one attached hydrogen (secondary N) is 2.